The lowest BCUT2D eigenvalue weighted by molar-refractivity contribution is 0.727. The first-order valence-electron chi connectivity index (χ1n) is 8.58. The number of rotatable bonds is 6. The second-order valence-corrected chi connectivity index (χ2v) is 7.24. The Morgan fingerprint density at radius 2 is 2.21 bits per heavy atom. The van der Waals surface area contributed by atoms with E-state index in [2.05, 4.69) is 58.7 Å². The molecule has 0 bridgehead atoms. The molecule has 0 amide bonds. The van der Waals surface area contributed by atoms with E-state index in [4.69, 9.17) is 4.99 Å². The van der Waals surface area contributed by atoms with E-state index in [0.717, 1.165) is 30.0 Å². The maximum Gasteiger partial charge on any atom is 0.191 e. The van der Waals surface area contributed by atoms with Crippen LogP contribution in [0.5, 0.6) is 0 Å². The van der Waals surface area contributed by atoms with Crippen molar-refractivity contribution in [3.05, 3.63) is 48.3 Å². The fourth-order valence-corrected chi connectivity index (χ4v) is 3.90. The van der Waals surface area contributed by atoms with Crippen LogP contribution in [-0.4, -0.2) is 39.8 Å². The van der Waals surface area contributed by atoms with Gasteiger partial charge in [0, 0.05) is 30.7 Å². The highest BCUT2D eigenvalue weighted by Crippen LogP contribution is 2.25. The summed E-state index contributed by atoms with van der Waals surface area (Å²) in [5.41, 5.74) is 2.26. The minimum atomic E-state index is 0.673. The van der Waals surface area contributed by atoms with Crippen molar-refractivity contribution in [3.63, 3.8) is 0 Å². The molecule has 1 fully saturated rings. The fraction of sp³-hybridized carbons (Fsp3) is 0.444. The molecule has 0 aliphatic carbocycles. The predicted octanol–water partition coefficient (Wildman–Crippen LogP) is 2.82. The number of nitrogens with zero attached hydrogens (tertiary/aromatic N) is 3. The summed E-state index contributed by atoms with van der Waals surface area (Å²) < 4.78 is 1.86. The minimum Gasteiger partial charge on any atom is -0.357 e. The number of nitrogens with one attached hydrogen (secondary N) is 2. The largest absolute Gasteiger partial charge is 0.357 e. The Morgan fingerprint density at radius 3 is 2.88 bits per heavy atom. The summed E-state index contributed by atoms with van der Waals surface area (Å²) in [6, 6.07) is 10.3. The van der Waals surface area contributed by atoms with E-state index in [9.17, 15) is 0 Å². The fourth-order valence-electron chi connectivity index (χ4n) is 2.70. The molecular formula is C18H25N5S. The van der Waals surface area contributed by atoms with Gasteiger partial charge < -0.3 is 10.6 Å². The normalized spacial score (nSPS) is 17.9. The van der Waals surface area contributed by atoms with Gasteiger partial charge in [0.05, 0.1) is 12.2 Å². The molecule has 1 aromatic carbocycles. The van der Waals surface area contributed by atoms with Gasteiger partial charge in [-0.25, -0.2) is 9.67 Å². The average molecular weight is 344 g/mol. The number of aliphatic imine (C=N–C) groups is 1. The Hall–Kier alpha value is -1.95. The lowest BCUT2D eigenvalue weighted by Crippen LogP contribution is -2.40. The second kappa shape index (κ2) is 8.78. The van der Waals surface area contributed by atoms with Gasteiger partial charge in [0.2, 0.25) is 0 Å². The summed E-state index contributed by atoms with van der Waals surface area (Å²) in [6.45, 7) is 4.64. The number of benzene rings is 1. The molecule has 1 saturated heterocycles. The third kappa shape index (κ3) is 4.77. The first-order valence-corrected chi connectivity index (χ1v) is 9.63. The van der Waals surface area contributed by atoms with Crippen LogP contribution in [0.1, 0.15) is 25.3 Å². The zero-order valence-corrected chi connectivity index (χ0v) is 14.9. The highest BCUT2D eigenvalue weighted by atomic mass is 32.2. The van der Waals surface area contributed by atoms with Gasteiger partial charge >= 0.3 is 0 Å². The zero-order chi connectivity index (χ0) is 16.6. The molecule has 24 heavy (non-hydrogen) atoms. The quantitative estimate of drug-likeness (QED) is 0.625. The van der Waals surface area contributed by atoms with Gasteiger partial charge in [-0.15, -0.1) is 0 Å². The van der Waals surface area contributed by atoms with Crippen molar-refractivity contribution in [2.45, 2.75) is 31.6 Å². The van der Waals surface area contributed by atoms with Crippen LogP contribution in [0.3, 0.4) is 0 Å². The number of thioether (sulfide) groups is 1. The topological polar surface area (TPSA) is 54.2 Å². The summed E-state index contributed by atoms with van der Waals surface area (Å²) >= 11 is 2.06. The Bertz CT molecular complexity index is 630. The summed E-state index contributed by atoms with van der Waals surface area (Å²) in [5, 5.41) is 11.8. The molecular weight excluding hydrogens is 318 g/mol. The lowest BCUT2D eigenvalue weighted by atomic mass is 10.2. The molecule has 1 aliphatic rings. The molecule has 1 unspecified atom stereocenters. The number of hydrogen-bond donors (Lipinski definition) is 2. The van der Waals surface area contributed by atoms with Gasteiger partial charge in [-0.05, 0) is 49.3 Å². The number of guanidine groups is 1. The summed E-state index contributed by atoms with van der Waals surface area (Å²) in [6.07, 6.45) is 6.38. The molecule has 0 radical (unpaired) electrons. The van der Waals surface area contributed by atoms with Gasteiger partial charge in [0.25, 0.3) is 0 Å². The molecule has 0 saturated carbocycles. The number of hydrogen-bond acceptors (Lipinski definition) is 3. The van der Waals surface area contributed by atoms with Gasteiger partial charge in [0.15, 0.2) is 5.96 Å². The van der Waals surface area contributed by atoms with Gasteiger partial charge in [-0.3, -0.25) is 0 Å². The molecule has 3 rings (SSSR count). The average Bonchev–Trinajstić information content (AvgIpc) is 3.31. The Balaban J connectivity index is 1.56. The molecule has 1 atom stereocenters. The summed E-state index contributed by atoms with van der Waals surface area (Å²) in [4.78, 5) is 4.70. The van der Waals surface area contributed by atoms with Crippen molar-refractivity contribution in [1.29, 1.82) is 0 Å². The molecule has 2 heterocycles. The first-order chi connectivity index (χ1) is 11.8. The summed E-state index contributed by atoms with van der Waals surface area (Å²) in [5.74, 6) is 2.20. The van der Waals surface area contributed by atoms with Crippen LogP contribution in [0.25, 0.3) is 5.69 Å². The Labute approximate surface area is 147 Å². The van der Waals surface area contributed by atoms with Gasteiger partial charge in [0.1, 0.15) is 0 Å². The Kier molecular flexibility index (Phi) is 6.18. The Morgan fingerprint density at radius 1 is 1.33 bits per heavy atom. The SMILES string of the molecule is CCNC(=NCc1ccc(-n2cccn2)cc1)NCC1CCCS1. The van der Waals surface area contributed by atoms with Crippen molar-refractivity contribution >= 4 is 17.7 Å². The van der Waals surface area contributed by atoms with Crippen molar-refractivity contribution in [2.75, 3.05) is 18.8 Å². The summed E-state index contributed by atoms with van der Waals surface area (Å²) in [7, 11) is 0. The van der Waals surface area contributed by atoms with Crippen molar-refractivity contribution in [1.82, 2.24) is 20.4 Å². The smallest absolute Gasteiger partial charge is 0.191 e. The van der Waals surface area contributed by atoms with E-state index in [1.807, 2.05) is 16.9 Å². The second-order valence-electron chi connectivity index (χ2n) is 5.83. The van der Waals surface area contributed by atoms with Crippen molar-refractivity contribution in [2.24, 2.45) is 4.99 Å². The highest BCUT2D eigenvalue weighted by molar-refractivity contribution is 8.00. The standard InChI is InChI=1S/C18H25N5S/c1-2-19-18(21-14-17-5-3-12-24-17)20-13-15-6-8-16(9-7-15)23-11-4-10-22-23/h4,6-11,17H,2-3,5,12-14H2,1H3,(H2,19,20,21). The monoisotopic (exact) mass is 343 g/mol. The third-order valence-corrected chi connectivity index (χ3v) is 5.39. The van der Waals surface area contributed by atoms with Crippen molar-refractivity contribution < 1.29 is 0 Å². The third-order valence-electron chi connectivity index (χ3n) is 3.99. The van der Waals surface area contributed by atoms with Crippen LogP contribution in [0.15, 0.2) is 47.7 Å². The molecule has 128 valence electrons. The van der Waals surface area contributed by atoms with Crippen LogP contribution in [0.2, 0.25) is 0 Å². The highest BCUT2D eigenvalue weighted by Gasteiger charge is 2.15. The van der Waals surface area contributed by atoms with E-state index >= 15 is 0 Å². The zero-order valence-electron chi connectivity index (χ0n) is 14.1. The maximum absolute atomic E-state index is 4.70. The molecule has 6 heteroatoms. The van der Waals surface area contributed by atoms with E-state index in [0.29, 0.717) is 6.54 Å². The molecule has 5 nitrogen and oxygen atoms in total. The maximum atomic E-state index is 4.70. The van der Waals surface area contributed by atoms with Gasteiger partial charge in [-0.2, -0.15) is 16.9 Å². The molecule has 1 aliphatic heterocycles. The van der Waals surface area contributed by atoms with Crippen LogP contribution < -0.4 is 10.6 Å². The molecule has 2 aromatic rings. The van der Waals surface area contributed by atoms with E-state index in [1.165, 1.54) is 24.2 Å². The predicted molar refractivity (Wildman–Crippen MR) is 102 cm³/mol. The molecule has 2 N–H and O–H groups in total. The van der Waals surface area contributed by atoms with Crippen LogP contribution in [0, 0.1) is 0 Å². The molecule has 1 aromatic heterocycles. The van der Waals surface area contributed by atoms with Crippen LogP contribution in [-0.2, 0) is 6.54 Å². The molecule has 0 spiro atoms. The van der Waals surface area contributed by atoms with Crippen LogP contribution >= 0.6 is 11.8 Å². The van der Waals surface area contributed by atoms with E-state index in [1.54, 1.807) is 6.20 Å². The van der Waals surface area contributed by atoms with Crippen molar-refractivity contribution in [3.8, 4) is 5.69 Å². The van der Waals surface area contributed by atoms with Gasteiger partial charge in [-0.1, -0.05) is 12.1 Å². The minimum absolute atomic E-state index is 0.673. The van der Waals surface area contributed by atoms with Crippen LogP contribution in [0.4, 0.5) is 0 Å². The van der Waals surface area contributed by atoms with E-state index in [-0.39, 0.29) is 0 Å². The lowest BCUT2D eigenvalue weighted by Gasteiger charge is -2.14. The first kappa shape index (κ1) is 16.9. The number of aromatic nitrogens is 2. The van der Waals surface area contributed by atoms with E-state index < -0.39 is 0 Å².